The normalized spacial score (nSPS) is 24.6. The first-order valence-electron chi connectivity index (χ1n) is 8.03. The molecule has 0 spiro atoms. The standard InChI is InChI=1S/C18H28BrNO/c1-18(2,3)14-10-8-13(9-11-14)17(12-21)20-16-7-5-4-6-15(16)19/h4-7,13-14,17,20-21H,8-12H2,1-3H3. The molecule has 0 saturated heterocycles. The molecule has 0 aromatic heterocycles. The van der Waals surface area contributed by atoms with E-state index in [4.69, 9.17) is 0 Å². The fourth-order valence-electron chi connectivity index (χ4n) is 3.48. The molecule has 1 aromatic carbocycles. The minimum Gasteiger partial charge on any atom is -0.394 e. The SMILES string of the molecule is CC(C)(C)C1CCC(C(CO)Nc2ccccc2Br)CC1. The van der Waals surface area contributed by atoms with Gasteiger partial charge >= 0.3 is 0 Å². The molecule has 0 heterocycles. The number of halogens is 1. The molecule has 21 heavy (non-hydrogen) atoms. The van der Waals surface area contributed by atoms with Crippen LogP contribution in [0.15, 0.2) is 28.7 Å². The van der Waals surface area contributed by atoms with Gasteiger partial charge in [-0.3, -0.25) is 0 Å². The van der Waals surface area contributed by atoms with Crippen molar-refractivity contribution in [2.24, 2.45) is 17.3 Å². The summed E-state index contributed by atoms with van der Waals surface area (Å²) in [5, 5.41) is 13.3. The van der Waals surface area contributed by atoms with Crippen molar-refractivity contribution < 1.29 is 5.11 Å². The van der Waals surface area contributed by atoms with E-state index in [1.54, 1.807) is 0 Å². The lowest BCUT2D eigenvalue weighted by Crippen LogP contribution is -2.37. The van der Waals surface area contributed by atoms with Gasteiger partial charge in [-0.15, -0.1) is 0 Å². The predicted octanol–water partition coefficient (Wildman–Crippen LogP) is 5.07. The molecule has 2 N–H and O–H groups in total. The fourth-order valence-corrected chi connectivity index (χ4v) is 3.88. The highest BCUT2D eigenvalue weighted by Gasteiger charge is 2.32. The quantitative estimate of drug-likeness (QED) is 0.791. The summed E-state index contributed by atoms with van der Waals surface area (Å²) in [4.78, 5) is 0. The van der Waals surface area contributed by atoms with Gasteiger partial charge in [-0.25, -0.2) is 0 Å². The van der Waals surface area contributed by atoms with E-state index in [1.807, 2.05) is 18.2 Å². The zero-order valence-corrected chi connectivity index (χ0v) is 15.0. The Morgan fingerprint density at radius 2 is 1.81 bits per heavy atom. The maximum absolute atomic E-state index is 9.78. The number of rotatable bonds is 4. The largest absolute Gasteiger partial charge is 0.394 e. The van der Waals surface area contributed by atoms with Gasteiger partial charge in [0.15, 0.2) is 0 Å². The summed E-state index contributed by atoms with van der Waals surface area (Å²) in [6.45, 7) is 7.24. The molecule has 1 unspecified atom stereocenters. The molecular weight excluding hydrogens is 326 g/mol. The highest BCUT2D eigenvalue weighted by Crippen LogP contribution is 2.41. The van der Waals surface area contributed by atoms with Crippen LogP contribution < -0.4 is 5.32 Å². The zero-order valence-electron chi connectivity index (χ0n) is 13.4. The Morgan fingerprint density at radius 3 is 2.33 bits per heavy atom. The molecule has 1 saturated carbocycles. The van der Waals surface area contributed by atoms with Crippen molar-refractivity contribution >= 4 is 21.6 Å². The lowest BCUT2D eigenvalue weighted by molar-refractivity contribution is 0.127. The van der Waals surface area contributed by atoms with Crippen LogP contribution in [0.4, 0.5) is 5.69 Å². The first-order chi connectivity index (χ1) is 9.91. The smallest absolute Gasteiger partial charge is 0.0635 e. The maximum atomic E-state index is 9.78. The lowest BCUT2D eigenvalue weighted by atomic mass is 9.68. The third-order valence-corrected chi connectivity index (χ3v) is 5.67. The molecule has 1 fully saturated rings. The first kappa shape index (κ1) is 16.8. The topological polar surface area (TPSA) is 32.3 Å². The van der Waals surface area contributed by atoms with Crippen molar-refractivity contribution in [3.05, 3.63) is 28.7 Å². The zero-order chi connectivity index (χ0) is 15.5. The van der Waals surface area contributed by atoms with Gasteiger partial charge in [0, 0.05) is 10.2 Å². The predicted molar refractivity (Wildman–Crippen MR) is 93.5 cm³/mol. The number of para-hydroxylation sites is 1. The summed E-state index contributed by atoms with van der Waals surface area (Å²) >= 11 is 3.57. The Hall–Kier alpha value is -0.540. The summed E-state index contributed by atoms with van der Waals surface area (Å²) in [6.07, 6.45) is 4.99. The van der Waals surface area contributed by atoms with E-state index in [2.05, 4.69) is 48.1 Å². The average molecular weight is 354 g/mol. The van der Waals surface area contributed by atoms with E-state index in [9.17, 15) is 5.11 Å². The van der Waals surface area contributed by atoms with Crippen molar-refractivity contribution in [1.29, 1.82) is 0 Å². The number of hydrogen-bond donors (Lipinski definition) is 2. The fraction of sp³-hybridized carbons (Fsp3) is 0.667. The molecule has 1 aliphatic carbocycles. The van der Waals surface area contributed by atoms with Crippen LogP contribution in [0.25, 0.3) is 0 Å². The van der Waals surface area contributed by atoms with Crippen LogP contribution in [0.3, 0.4) is 0 Å². The Kier molecular flexibility index (Phi) is 5.73. The summed E-state index contributed by atoms with van der Waals surface area (Å²) in [6, 6.07) is 8.29. The molecule has 0 bridgehead atoms. The van der Waals surface area contributed by atoms with E-state index in [-0.39, 0.29) is 12.6 Å². The van der Waals surface area contributed by atoms with E-state index in [0.29, 0.717) is 11.3 Å². The highest BCUT2D eigenvalue weighted by atomic mass is 79.9. The molecule has 118 valence electrons. The van der Waals surface area contributed by atoms with Crippen LogP contribution in [0.5, 0.6) is 0 Å². The Bertz CT molecular complexity index is 447. The summed E-state index contributed by atoms with van der Waals surface area (Å²) < 4.78 is 1.06. The summed E-state index contributed by atoms with van der Waals surface area (Å²) in [5.74, 6) is 1.39. The van der Waals surface area contributed by atoms with E-state index in [1.165, 1.54) is 25.7 Å². The molecule has 2 nitrogen and oxygen atoms in total. The number of benzene rings is 1. The van der Waals surface area contributed by atoms with Crippen molar-refractivity contribution in [2.75, 3.05) is 11.9 Å². The molecule has 1 aromatic rings. The molecule has 0 aliphatic heterocycles. The monoisotopic (exact) mass is 353 g/mol. The third-order valence-electron chi connectivity index (χ3n) is 4.98. The van der Waals surface area contributed by atoms with Crippen molar-refractivity contribution in [1.82, 2.24) is 0 Å². The second-order valence-electron chi connectivity index (χ2n) is 7.39. The first-order valence-corrected chi connectivity index (χ1v) is 8.83. The van der Waals surface area contributed by atoms with Gasteiger partial charge < -0.3 is 10.4 Å². The molecular formula is C18H28BrNO. The van der Waals surface area contributed by atoms with Crippen LogP contribution in [0.1, 0.15) is 46.5 Å². The van der Waals surface area contributed by atoms with Gasteiger partial charge in [-0.2, -0.15) is 0 Å². The molecule has 1 atom stereocenters. The summed E-state index contributed by atoms with van der Waals surface area (Å²) in [5.41, 5.74) is 1.49. The lowest BCUT2D eigenvalue weighted by Gasteiger charge is -2.39. The molecule has 2 rings (SSSR count). The van der Waals surface area contributed by atoms with Gasteiger partial charge in [0.05, 0.1) is 12.6 Å². The van der Waals surface area contributed by atoms with Gasteiger partial charge in [0.25, 0.3) is 0 Å². The average Bonchev–Trinajstić information content (AvgIpc) is 2.46. The Morgan fingerprint density at radius 1 is 1.19 bits per heavy atom. The van der Waals surface area contributed by atoms with E-state index in [0.717, 1.165) is 16.1 Å². The van der Waals surface area contributed by atoms with Crippen molar-refractivity contribution in [2.45, 2.75) is 52.5 Å². The molecule has 3 heteroatoms. The molecule has 1 aliphatic rings. The minimum atomic E-state index is 0.157. The van der Waals surface area contributed by atoms with Gasteiger partial charge in [-0.05, 0) is 71.0 Å². The van der Waals surface area contributed by atoms with Gasteiger partial charge in [0.1, 0.15) is 0 Å². The van der Waals surface area contributed by atoms with Crippen LogP contribution in [0, 0.1) is 17.3 Å². The highest BCUT2D eigenvalue weighted by molar-refractivity contribution is 9.10. The second kappa shape index (κ2) is 7.15. The number of aliphatic hydroxyl groups excluding tert-OH is 1. The van der Waals surface area contributed by atoms with Gasteiger partial charge in [-0.1, -0.05) is 32.9 Å². The molecule has 0 amide bonds. The number of aliphatic hydroxyl groups is 1. The number of hydrogen-bond acceptors (Lipinski definition) is 2. The Balaban J connectivity index is 1.96. The number of nitrogens with one attached hydrogen (secondary N) is 1. The van der Waals surface area contributed by atoms with E-state index >= 15 is 0 Å². The summed E-state index contributed by atoms with van der Waals surface area (Å²) in [7, 11) is 0. The van der Waals surface area contributed by atoms with Crippen LogP contribution >= 0.6 is 15.9 Å². The minimum absolute atomic E-state index is 0.157. The van der Waals surface area contributed by atoms with Crippen LogP contribution in [0.2, 0.25) is 0 Å². The van der Waals surface area contributed by atoms with Crippen LogP contribution in [-0.4, -0.2) is 17.8 Å². The van der Waals surface area contributed by atoms with E-state index < -0.39 is 0 Å². The number of anilines is 1. The second-order valence-corrected chi connectivity index (χ2v) is 8.25. The Labute approximate surface area is 137 Å². The van der Waals surface area contributed by atoms with Crippen LogP contribution in [-0.2, 0) is 0 Å². The molecule has 0 radical (unpaired) electrons. The van der Waals surface area contributed by atoms with Crippen molar-refractivity contribution in [3.63, 3.8) is 0 Å². The van der Waals surface area contributed by atoms with Gasteiger partial charge in [0.2, 0.25) is 0 Å². The maximum Gasteiger partial charge on any atom is 0.0635 e. The third kappa shape index (κ3) is 4.46. The van der Waals surface area contributed by atoms with Crippen molar-refractivity contribution in [3.8, 4) is 0 Å².